The standard InChI is InChI=1S/C19H28N6O/c1-3-20-19(21-10-12-25-11-4-9-22-25)24-15-13-23(14-16-24)17-5-7-18(26-2)8-6-17/h4-9,11H,3,10,12-16H2,1-2H3,(H,20,21). The van der Waals surface area contributed by atoms with Crippen LogP contribution in [0.15, 0.2) is 47.7 Å². The lowest BCUT2D eigenvalue weighted by Gasteiger charge is -2.37. The molecule has 140 valence electrons. The number of piperazine rings is 1. The number of guanidine groups is 1. The Morgan fingerprint density at radius 2 is 1.96 bits per heavy atom. The number of hydrogen-bond acceptors (Lipinski definition) is 4. The summed E-state index contributed by atoms with van der Waals surface area (Å²) in [4.78, 5) is 9.51. The highest BCUT2D eigenvalue weighted by molar-refractivity contribution is 5.80. The molecule has 1 aromatic heterocycles. The fraction of sp³-hybridized carbons (Fsp3) is 0.474. The van der Waals surface area contributed by atoms with Crippen LogP contribution < -0.4 is 15.0 Å². The van der Waals surface area contributed by atoms with E-state index in [4.69, 9.17) is 9.73 Å². The van der Waals surface area contributed by atoms with Crippen LogP contribution in [0.2, 0.25) is 0 Å². The molecule has 1 saturated heterocycles. The van der Waals surface area contributed by atoms with E-state index in [1.54, 1.807) is 13.3 Å². The number of nitrogens with zero attached hydrogens (tertiary/aromatic N) is 5. The van der Waals surface area contributed by atoms with E-state index in [2.05, 4.69) is 39.3 Å². The van der Waals surface area contributed by atoms with Gasteiger partial charge in [0, 0.05) is 50.8 Å². The Kier molecular flexibility index (Phi) is 6.35. The van der Waals surface area contributed by atoms with Gasteiger partial charge in [0.15, 0.2) is 5.96 Å². The van der Waals surface area contributed by atoms with E-state index in [0.717, 1.165) is 57.5 Å². The smallest absolute Gasteiger partial charge is 0.194 e. The van der Waals surface area contributed by atoms with Crippen molar-refractivity contribution in [1.29, 1.82) is 0 Å². The van der Waals surface area contributed by atoms with E-state index >= 15 is 0 Å². The molecule has 1 fully saturated rings. The average molecular weight is 356 g/mol. The third kappa shape index (κ3) is 4.68. The molecule has 0 spiro atoms. The topological polar surface area (TPSA) is 57.9 Å². The van der Waals surface area contributed by atoms with Gasteiger partial charge in [-0.25, -0.2) is 0 Å². The quantitative estimate of drug-likeness (QED) is 0.630. The lowest BCUT2D eigenvalue weighted by atomic mass is 10.2. The monoisotopic (exact) mass is 356 g/mol. The van der Waals surface area contributed by atoms with Crippen LogP contribution in [0.3, 0.4) is 0 Å². The van der Waals surface area contributed by atoms with Gasteiger partial charge >= 0.3 is 0 Å². The van der Waals surface area contributed by atoms with E-state index in [9.17, 15) is 0 Å². The predicted molar refractivity (Wildman–Crippen MR) is 105 cm³/mol. The van der Waals surface area contributed by atoms with E-state index in [1.807, 2.05) is 29.1 Å². The first-order valence-corrected chi connectivity index (χ1v) is 9.20. The van der Waals surface area contributed by atoms with E-state index in [-0.39, 0.29) is 0 Å². The van der Waals surface area contributed by atoms with Crippen molar-refractivity contribution in [3.05, 3.63) is 42.7 Å². The minimum atomic E-state index is 0.725. The van der Waals surface area contributed by atoms with Crippen molar-refractivity contribution in [1.82, 2.24) is 20.0 Å². The van der Waals surface area contributed by atoms with Crippen LogP contribution in [-0.4, -0.2) is 67.0 Å². The third-order valence-corrected chi connectivity index (χ3v) is 4.50. The molecule has 0 amide bonds. The van der Waals surface area contributed by atoms with Gasteiger partial charge in [-0.2, -0.15) is 5.10 Å². The Morgan fingerprint density at radius 1 is 1.19 bits per heavy atom. The summed E-state index contributed by atoms with van der Waals surface area (Å²) in [6.45, 7) is 8.39. The molecule has 7 heteroatoms. The van der Waals surface area contributed by atoms with Gasteiger partial charge in [-0.05, 0) is 37.3 Å². The lowest BCUT2D eigenvalue weighted by molar-refractivity contribution is 0.372. The Hall–Kier alpha value is -2.70. The number of anilines is 1. The minimum Gasteiger partial charge on any atom is -0.497 e. The SMILES string of the molecule is CCNC(=NCCn1cccn1)N1CCN(c2ccc(OC)cc2)CC1. The number of ether oxygens (including phenoxy) is 1. The summed E-state index contributed by atoms with van der Waals surface area (Å²) < 4.78 is 7.15. The maximum Gasteiger partial charge on any atom is 0.194 e. The highest BCUT2D eigenvalue weighted by Gasteiger charge is 2.19. The molecule has 1 aliphatic heterocycles. The first-order chi connectivity index (χ1) is 12.8. The van der Waals surface area contributed by atoms with Gasteiger partial charge in [-0.3, -0.25) is 9.67 Å². The van der Waals surface area contributed by atoms with Gasteiger partial charge in [-0.1, -0.05) is 0 Å². The summed E-state index contributed by atoms with van der Waals surface area (Å²) in [6.07, 6.45) is 3.77. The summed E-state index contributed by atoms with van der Waals surface area (Å²) in [7, 11) is 1.70. The number of rotatable bonds is 6. The van der Waals surface area contributed by atoms with Crippen molar-refractivity contribution < 1.29 is 4.74 Å². The Bertz CT molecular complexity index is 675. The number of hydrogen-bond donors (Lipinski definition) is 1. The van der Waals surface area contributed by atoms with Crippen LogP contribution >= 0.6 is 0 Å². The normalized spacial score (nSPS) is 15.2. The van der Waals surface area contributed by atoms with E-state index in [1.165, 1.54) is 5.69 Å². The zero-order valence-electron chi connectivity index (χ0n) is 15.6. The van der Waals surface area contributed by atoms with Crippen molar-refractivity contribution in [3.8, 4) is 5.75 Å². The summed E-state index contributed by atoms with van der Waals surface area (Å²) in [5, 5.41) is 7.64. The van der Waals surface area contributed by atoms with Crippen molar-refractivity contribution in [2.24, 2.45) is 4.99 Å². The van der Waals surface area contributed by atoms with Gasteiger partial charge in [0.2, 0.25) is 0 Å². The zero-order valence-corrected chi connectivity index (χ0v) is 15.6. The molecule has 2 aromatic rings. The lowest BCUT2D eigenvalue weighted by Crippen LogP contribution is -2.52. The zero-order chi connectivity index (χ0) is 18.2. The molecule has 0 atom stereocenters. The molecule has 0 radical (unpaired) electrons. The molecule has 2 heterocycles. The molecule has 0 saturated carbocycles. The molecule has 26 heavy (non-hydrogen) atoms. The molecule has 1 aromatic carbocycles. The number of aliphatic imine (C=N–C) groups is 1. The van der Waals surface area contributed by atoms with Crippen molar-refractivity contribution in [2.75, 3.05) is 51.3 Å². The Balaban J connectivity index is 1.54. The summed E-state index contributed by atoms with van der Waals surface area (Å²) >= 11 is 0. The molecule has 1 aliphatic rings. The van der Waals surface area contributed by atoms with Gasteiger partial charge < -0.3 is 19.9 Å². The number of methoxy groups -OCH3 is 1. The predicted octanol–water partition coefficient (Wildman–Crippen LogP) is 1.68. The molecule has 3 rings (SSSR count). The van der Waals surface area contributed by atoms with Crippen LogP contribution in [0.5, 0.6) is 5.75 Å². The summed E-state index contributed by atoms with van der Waals surface area (Å²) in [5.74, 6) is 1.89. The van der Waals surface area contributed by atoms with Crippen molar-refractivity contribution in [2.45, 2.75) is 13.5 Å². The number of benzene rings is 1. The molecule has 0 aliphatic carbocycles. The van der Waals surface area contributed by atoms with Gasteiger partial charge in [0.05, 0.1) is 20.2 Å². The fourth-order valence-corrected chi connectivity index (χ4v) is 3.09. The summed E-state index contributed by atoms with van der Waals surface area (Å²) in [5.41, 5.74) is 1.24. The second-order valence-corrected chi connectivity index (χ2v) is 6.18. The van der Waals surface area contributed by atoms with Crippen molar-refractivity contribution >= 4 is 11.6 Å². The van der Waals surface area contributed by atoms with Crippen LogP contribution in [-0.2, 0) is 6.54 Å². The van der Waals surface area contributed by atoms with Gasteiger partial charge in [-0.15, -0.1) is 0 Å². The second-order valence-electron chi connectivity index (χ2n) is 6.18. The van der Waals surface area contributed by atoms with Crippen LogP contribution in [0.1, 0.15) is 6.92 Å². The minimum absolute atomic E-state index is 0.725. The maximum absolute atomic E-state index is 5.24. The molecular weight excluding hydrogens is 328 g/mol. The highest BCUT2D eigenvalue weighted by Crippen LogP contribution is 2.20. The first-order valence-electron chi connectivity index (χ1n) is 9.20. The third-order valence-electron chi connectivity index (χ3n) is 4.50. The highest BCUT2D eigenvalue weighted by atomic mass is 16.5. The molecule has 7 nitrogen and oxygen atoms in total. The average Bonchev–Trinajstić information content (AvgIpc) is 3.21. The summed E-state index contributed by atoms with van der Waals surface area (Å²) in [6, 6.07) is 10.2. The first kappa shape index (κ1) is 18.1. The molecule has 0 unspecified atom stereocenters. The number of nitrogens with one attached hydrogen (secondary N) is 1. The van der Waals surface area contributed by atoms with Gasteiger partial charge in [0.1, 0.15) is 5.75 Å². The second kappa shape index (κ2) is 9.12. The number of aromatic nitrogens is 2. The van der Waals surface area contributed by atoms with E-state index in [0.29, 0.717) is 0 Å². The van der Waals surface area contributed by atoms with Crippen LogP contribution in [0, 0.1) is 0 Å². The molecule has 1 N–H and O–H groups in total. The van der Waals surface area contributed by atoms with E-state index < -0.39 is 0 Å². The maximum atomic E-state index is 5.24. The van der Waals surface area contributed by atoms with Crippen LogP contribution in [0.25, 0.3) is 0 Å². The molecule has 0 bridgehead atoms. The van der Waals surface area contributed by atoms with Crippen LogP contribution in [0.4, 0.5) is 5.69 Å². The largest absolute Gasteiger partial charge is 0.497 e. The Labute approximate surface area is 155 Å². The molecular formula is C19H28N6O. The Morgan fingerprint density at radius 3 is 2.58 bits per heavy atom. The van der Waals surface area contributed by atoms with Crippen molar-refractivity contribution in [3.63, 3.8) is 0 Å². The van der Waals surface area contributed by atoms with Gasteiger partial charge in [0.25, 0.3) is 0 Å². The fourth-order valence-electron chi connectivity index (χ4n) is 3.09.